The third kappa shape index (κ3) is 5.09. The molecule has 0 aliphatic carbocycles. The quantitative estimate of drug-likeness (QED) is 0.618. The number of halogens is 1. The van der Waals surface area contributed by atoms with E-state index < -0.39 is 12.1 Å². The molecule has 0 saturated heterocycles. The Morgan fingerprint density at radius 1 is 1.47 bits per heavy atom. The molecule has 0 aliphatic heterocycles. The molecule has 19 heavy (non-hydrogen) atoms. The fourth-order valence-electron chi connectivity index (χ4n) is 1.56. The third-order valence-electron chi connectivity index (χ3n) is 2.59. The van der Waals surface area contributed by atoms with Gasteiger partial charge in [-0.05, 0) is 37.6 Å². The molecule has 1 unspecified atom stereocenters. The fourth-order valence-corrected chi connectivity index (χ4v) is 1.81. The van der Waals surface area contributed by atoms with Gasteiger partial charge in [-0.3, -0.25) is 0 Å². The summed E-state index contributed by atoms with van der Waals surface area (Å²) in [5, 5.41) is 3.78. The standard InChI is InChI=1S/C14H20ClNO3/c1-4-7-16-9-11-5-6-13(12(15)8-11)19-10(2)14(17)18-3/h5-6,8,10,16H,4,7,9H2,1-3H3. The van der Waals surface area contributed by atoms with Crippen molar-refractivity contribution in [2.75, 3.05) is 13.7 Å². The smallest absolute Gasteiger partial charge is 0.346 e. The minimum atomic E-state index is -0.674. The highest BCUT2D eigenvalue weighted by Gasteiger charge is 2.16. The van der Waals surface area contributed by atoms with Crippen LogP contribution >= 0.6 is 11.6 Å². The van der Waals surface area contributed by atoms with Crippen LogP contribution in [0.25, 0.3) is 0 Å². The Kier molecular flexibility index (Phi) is 6.67. The van der Waals surface area contributed by atoms with Crippen molar-refractivity contribution in [3.63, 3.8) is 0 Å². The molecule has 0 bridgehead atoms. The molecular weight excluding hydrogens is 266 g/mol. The van der Waals surface area contributed by atoms with Crippen molar-refractivity contribution in [2.24, 2.45) is 0 Å². The van der Waals surface area contributed by atoms with E-state index in [1.807, 2.05) is 12.1 Å². The fraction of sp³-hybridized carbons (Fsp3) is 0.500. The summed E-state index contributed by atoms with van der Waals surface area (Å²) >= 11 is 6.13. The number of benzene rings is 1. The lowest BCUT2D eigenvalue weighted by molar-refractivity contribution is -0.147. The Morgan fingerprint density at radius 3 is 2.79 bits per heavy atom. The summed E-state index contributed by atoms with van der Waals surface area (Å²) in [5.74, 6) is 0.0589. The summed E-state index contributed by atoms with van der Waals surface area (Å²) in [4.78, 5) is 11.3. The molecular formula is C14H20ClNO3. The predicted molar refractivity (Wildman–Crippen MR) is 75.6 cm³/mol. The number of nitrogens with one attached hydrogen (secondary N) is 1. The molecule has 0 aromatic heterocycles. The topological polar surface area (TPSA) is 47.6 Å². The van der Waals surface area contributed by atoms with Gasteiger partial charge in [0.2, 0.25) is 0 Å². The van der Waals surface area contributed by atoms with E-state index in [0.717, 1.165) is 25.1 Å². The van der Waals surface area contributed by atoms with Crippen molar-refractivity contribution in [1.82, 2.24) is 5.32 Å². The van der Waals surface area contributed by atoms with Crippen molar-refractivity contribution in [3.8, 4) is 5.75 Å². The van der Waals surface area contributed by atoms with Crippen molar-refractivity contribution in [1.29, 1.82) is 0 Å². The summed E-state index contributed by atoms with van der Waals surface area (Å²) in [6.45, 7) is 5.47. The van der Waals surface area contributed by atoms with Gasteiger partial charge in [0, 0.05) is 6.54 Å². The molecule has 0 heterocycles. The SMILES string of the molecule is CCCNCc1ccc(OC(C)C(=O)OC)c(Cl)c1. The zero-order valence-corrected chi connectivity index (χ0v) is 12.3. The average molecular weight is 286 g/mol. The van der Waals surface area contributed by atoms with E-state index in [9.17, 15) is 4.79 Å². The third-order valence-corrected chi connectivity index (χ3v) is 2.88. The molecule has 0 saturated carbocycles. The summed E-state index contributed by atoms with van der Waals surface area (Å²) in [6.07, 6.45) is 0.414. The van der Waals surface area contributed by atoms with Crippen LogP contribution in [0.15, 0.2) is 18.2 Å². The van der Waals surface area contributed by atoms with Crippen LogP contribution in [0.4, 0.5) is 0 Å². The van der Waals surface area contributed by atoms with Gasteiger partial charge in [0.05, 0.1) is 12.1 Å². The number of esters is 1. The number of rotatable bonds is 7. The number of carbonyl (C=O) groups excluding carboxylic acids is 1. The predicted octanol–water partition coefficient (Wildman–Crippen LogP) is 2.78. The second-order valence-electron chi connectivity index (χ2n) is 4.22. The van der Waals surface area contributed by atoms with E-state index in [1.54, 1.807) is 13.0 Å². The summed E-state index contributed by atoms with van der Waals surface area (Å²) in [7, 11) is 1.33. The van der Waals surface area contributed by atoms with Crippen molar-refractivity contribution in [2.45, 2.75) is 32.9 Å². The van der Waals surface area contributed by atoms with Crippen LogP contribution in [0.5, 0.6) is 5.75 Å². The normalized spacial score (nSPS) is 12.0. The highest BCUT2D eigenvalue weighted by atomic mass is 35.5. The molecule has 1 N–H and O–H groups in total. The van der Waals surface area contributed by atoms with Gasteiger partial charge in [0.1, 0.15) is 5.75 Å². The average Bonchev–Trinajstić information content (AvgIpc) is 2.41. The molecule has 1 aromatic rings. The largest absolute Gasteiger partial charge is 0.477 e. The zero-order chi connectivity index (χ0) is 14.3. The highest BCUT2D eigenvalue weighted by Crippen LogP contribution is 2.26. The van der Waals surface area contributed by atoms with E-state index in [-0.39, 0.29) is 0 Å². The van der Waals surface area contributed by atoms with Crippen LogP contribution in [0, 0.1) is 0 Å². The van der Waals surface area contributed by atoms with E-state index in [1.165, 1.54) is 7.11 Å². The second-order valence-corrected chi connectivity index (χ2v) is 4.63. The second kappa shape index (κ2) is 8.02. The number of hydrogen-bond donors (Lipinski definition) is 1. The first-order chi connectivity index (χ1) is 9.08. The summed E-state index contributed by atoms with van der Waals surface area (Å²) < 4.78 is 10.0. The van der Waals surface area contributed by atoms with E-state index in [0.29, 0.717) is 10.8 Å². The van der Waals surface area contributed by atoms with Crippen LogP contribution < -0.4 is 10.1 Å². The molecule has 5 heteroatoms. The highest BCUT2D eigenvalue weighted by molar-refractivity contribution is 6.32. The lowest BCUT2D eigenvalue weighted by atomic mass is 10.2. The van der Waals surface area contributed by atoms with Gasteiger partial charge in [-0.15, -0.1) is 0 Å². The van der Waals surface area contributed by atoms with Crippen LogP contribution in [0.1, 0.15) is 25.8 Å². The van der Waals surface area contributed by atoms with Crippen LogP contribution in [0.3, 0.4) is 0 Å². The lowest BCUT2D eigenvalue weighted by Crippen LogP contribution is -2.25. The molecule has 1 rings (SSSR count). The number of carbonyl (C=O) groups is 1. The Morgan fingerprint density at radius 2 is 2.21 bits per heavy atom. The summed E-state index contributed by atoms with van der Waals surface area (Å²) in [6, 6.07) is 5.53. The molecule has 1 aromatic carbocycles. The summed E-state index contributed by atoms with van der Waals surface area (Å²) in [5.41, 5.74) is 1.08. The van der Waals surface area contributed by atoms with Crippen LogP contribution in [-0.4, -0.2) is 25.7 Å². The molecule has 0 spiro atoms. The Labute approximate surface area is 119 Å². The van der Waals surface area contributed by atoms with Gasteiger partial charge in [-0.2, -0.15) is 0 Å². The molecule has 0 amide bonds. The molecule has 0 fully saturated rings. The van der Waals surface area contributed by atoms with E-state index in [2.05, 4.69) is 17.0 Å². The molecule has 106 valence electrons. The van der Waals surface area contributed by atoms with Crippen molar-refractivity contribution >= 4 is 17.6 Å². The first kappa shape index (κ1) is 15.8. The number of methoxy groups -OCH3 is 1. The molecule has 0 radical (unpaired) electrons. The van der Waals surface area contributed by atoms with Gasteiger partial charge in [-0.25, -0.2) is 4.79 Å². The van der Waals surface area contributed by atoms with Gasteiger partial charge >= 0.3 is 5.97 Å². The zero-order valence-electron chi connectivity index (χ0n) is 11.5. The van der Waals surface area contributed by atoms with E-state index in [4.69, 9.17) is 16.3 Å². The Hall–Kier alpha value is -1.26. The van der Waals surface area contributed by atoms with Crippen LogP contribution in [0.2, 0.25) is 5.02 Å². The first-order valence-corrected chi connectivity index (χ1v) is 6.70. The molecule has 0 aliphatic rings. The number of hydrogen-bond acceptors (Lipinski definition) is 4. The maximum atomic E-state index is 11.3. The maximum absolute atomic E-state index is 11.3. The first-order valence-electron chi connectivity index (χ1n) is 6.32. The van der Waals surface area contributed by atoms with Gasteiger partial charge in [0.25, 0.3) is 0 Å². The van der Waals surface area contributed by atoms with Crippen molar-refractivity contribution < 1.29 is 14.3 Å². The minimum Gasteiger partial charge on any atom is -0.477 e. The Balaban J connectivity index is 2.64. The van der Waals surface area contributed by atoms with Gasteiger partial charge in [-0.1, -0.05) is 24.6 Å². The molecule has 1 atom stereocenters. The minimum absolute atomic E-state index is 0.426. The van der Waals surface area contributed by atoms with Gasteiger partial charge < -0.3 is 14.8 Å². The monoisotopic (exact) mass is 285 g/mol. The number of ether oxygens (including phenoxy) is 2. The van der Waals surface area contributed by atoms with Crippen molar-refractivity contribution in [3.05, 3.63) is 28.8 Å². The molecule has 4 nitrogen and oxygen atoms in total. The Bertz CT molecular complexity index is 423. The lowest BCUT2D eigenvalue weighted by Gasteiger charge is -2.14. The van der Waals surface area contributed by atoms with Crippen LogP contribution in [-0.2, 0) is 16.1 Å². The maximum Gasteiger partial charge on any atom is 0.346 e. The van der Waals surface area contributed by atoms with E-state index >= 15 is 0 Å². The van der Waals surface area contributed by atoms with Gasteiger partial charge in [0.15, 0.2) is 6.10 Å².